The number of thioether (sulfide) groups is 1. The van der Waals surface area contributed by atoms with Crippen LogP contribution in [0.3, 0.4) is 0 Å². The van der Waals surface area contributed by atoms with E-state index < -0.39 is 10.9 Å². The molecule has 4 rings (SSSR count). The molecule has 160 valence electrons. The maximum Gasteiger partial charge on any atom is 0.335 e. The van der Waals surface area contributed by atoms with E-state index in [1.165, 1.54) is 40.9 Å². The van der Waals surface area contributed by atoms with Crippen LogP contribution in [0.1, 0.15) is 16.1 Å². The summed E-state index contributed by atoms with van der Waals surface area (Å²) in [5.41, 5.74) is 1.98. The Morgan fingerprint density at radius 2 is 1.91 bits per heavy atom. The van der Waals surface area contributed by atoms with Gasteiger partial charge in [0, 0.05) is 36.8 Å². The smallest absolute Gasteiger partial charge is 0.335 e. The molecule has 0 radical (unpaired) electrons. The molecule has 1 aliphatic rings. The lowest BCUT2D eigenvalue weighted by atomic mass is 10.2. The van der Waals surface area contributed by atoms with Crippen LogP contribution in [0.5, 0.6) is 0 Å². The molecule has 0 atom stereocenters. The highest BCUT2D eigenvalue weighted by atomic mass is 32.2. The number of rotatable bonds is 5. The number of amidine groups is 1. The summed E-state index contributed by atoms with van der Waals surface area (Å²) in [6.07, 6.45) is 3.52. The lowest BCUT2D eigenvalue weighted by Gasteiger charge is -2.07. The number of carboxylic acid groups (broad SMARTS) is 1. The molecule has 1 aliphatic heterocycles. The number of amides is 1. The van der Waals surface area contributed by atoms with Crippen LogP contribution in [0.15, 0.2) is 76.8 Å². The molecule has 0 spiro atoms. The highest BCUT2D eigenvalue weighted by molar-refractivity contribution is 8.18. The second-order valence-corrected chi connectivity index (χ2v) is 7.81. The Kier molecular flexibility index (Phi) is 5.61. The van der Waals surface area contributed by atoms with Crippen LogP contribution in [0, 0.1) is 10.1 Å². The van der Waals surface area contributed by atoms with Crippen LogP contribution in [-0.4, -0.2) is 43.6 Å². The fraction of sp³-hybridized carbons (Fsp3) is 0.0455. The minimum absolute atomic E-state index is 0.00298. The van der Waals surface area contributed by atoms with Gasteiger partial charge in [-0.3, -0.25) is 19.8 Å². The number of carbonyl (C=O) groups is 2. The zero-order chi connectivity index (χ0) is 22.8. The molecule has 0 unspecified atom stereocenters. The molecule has 0 saturated carbocycles. The van der Waals surface area contributed by atoms with Crippen molar-refractivity contribution < 1.29 is 19.6 Å². The fourth-order valence-corrected chi connectivity index (χ4v) is 4.06. The topological polar surface area (TPSA) is 118 Å². The van der Waals surface area contributed by atoms with E-state index in [9.17, 15) is 19.7 Å². The lowest BCUT2D eigenvalue weighted by molar-refractivity contribution is -0.384. The molecule has 32 heavy (non-hydrogen) atoms. The summed E-state index contributed by atoms with van der Waals surface area (Å²) in [4.78, 5) is 40.6. The molecule has 1 fully saturated rings. The zero-order valence-electron chi connectivity index (χ0n) is 16.7. The summed E-state index contributed by atoms with van der Waals surface area (Å²) in [7, 11) is 1.60. The Morgan fingerprint density at radius 1 is 1.16 bits per heavy atom. The SMILES string of the molecule is CN1C(=O)/C(=C\c2cccn2-c2ccc([N+](=O)[O-])cc2)SC1=Nc1cccc(C(=O)O)c1. The summed E-state index contributed by atoms with van der Waals surface area (Å²) in [6, 6.07) is 15.9. The molecule has 0 bridgehead atoms. The predicted octanol–water partition coefficient (Wildman–Crippen LogP) is 4.32. The summed E-state index contributed by atoms with van der Waals surface area (Å²) in [5.74, 6) is -1.29. The van der Waals surface area contributed by atoms with E-state index in [0.717, 1.165) is 11.4 Å². The third kappa shape index (κ3) is 4.16. The Morgan fingerprint density at radius 3 is 2.59 bits per heavy atom. The summed E-state index contributed by atoms with van der Waals surface area (Å²) in [5, 5.41) is 20.5. The van der Waals surface area contributed by atoms with Gasteiger partial charge in [0.05, 0.1) is 21.1 Å². The molecule has 2 aromatic carbocycles. The molecule has 1 aromatic heterocycles. The number of carbonyl (C=O) groups excluding carboxylic acids is 1. The second kappa shape index (κ2) is 8.52. The van der Waals surface area contributed by atoms with Gasteiger partial charge in [-0.15, -0.1) is 0 Å². The monoisotopic (exact) mass is 448 g/mol. The third-order valence-corrected chi connectivity index (χ3v) is 5.78. The number of aromatic carboxylic acids is 1. The zero-order valence-corrected chi connectivity index (χ0v) is 17.5. The summed E-state index contributed by atoms with van der Waals surface area (Å²) < 4.78 is 1.82. The minimum Gasteiger partial charge on any atom is -0.478 e. The van der Waals surface area contributed by atoms with Gasteiger partial charge in [-0.05, 0) is 60.3 Å². The number of aliphatic imine (C=N–C) groups is 1. The first kappa shape index (κ1) is 21.1. The van der Waals surface area contributed by atoms with Gasteiger partial charge in [0.2, 0.25) is 0 Å². The van der Waals surface area contributed by atoms with E-state index in [0.29, 0.717) is 15.8 Å². The average molecular weight is 448 g/mol. The number of nitro groups is 1. The van der Waals surface area contributed by atoms with E-state index in [1.807, 2.05) is 16.7 Å². The van der Waals surface area contributed by atoms with E-state index in [2.05, 4.69) is 4.99 Å². The molecule has 1 amide bonds. The van der Waals surface area contributed by atoms with Crippen molar-refractivity contribution in [2.75, 3.05) is 7.05 Å². The van der Waals surface area contributed by atoms with E-state index in [1.54, 1.807) is 43.6 Å². The highest BCUT2D eigenvalue weighted by Gasteiger charge is 2.30. The first-order valence-corrected chi connectivity index (χ1v) is 10.2. The molecule has 1 N–H and O–H groups in total. The number of benzene rings is 2. The van der Waals surface area contributed by atoms with E-state index >= 15 is 0 Å². The second-order valence-electron chi connectivity index (χ2n) is 6.80. The van der Waals surface area contributed by atoms with E-state index in [-0.39, 0.29) is 17.2 Å². The van der Waals surface area contributed by atoms with Gasteiger partial charge in [-0.1, -0.05) is 6.07 Å². The number of aromatic nitrogens is 1. The molecule has 10 heteroatoms. The molecule has 9 nitrogen and oxygen atoms in total. The normalized spacial score (nSPS) is 16.2. The van der Waals surface area contributed by atoms with Gasteiger partial charge in [-0.25, -0.2) is 9.79 Å². The van der Waals surface area contributed by atoms with Crippen LogP contribution in [0.4, 0.5) is 11.4 Å². The number of hydrogen-bond acceptors (Lipinski definition) is 6. The van der Waals surface area contributed by atoms with Gasteiger partial charge < -0.3 is 9.67 Å². The number of nitro benzene ring substituents is 1. The van der Waals surface area contributed by atoms with Crippen molar-refractivity contribution >= 4 is 46.3 Å². The first-order valence-electron chi connectivity index (χ1n) is 9.35. The van der Waals surface area contributed by atoms with Gasteiger partial charge in [0.1, 0.15) is 0 Å². The van der Waals surface area contributed by atoms with Crippen molar-refractivity contribution in [3.63, 3.8) is 0 Å². The predicted molar refractivity (Wildman–Crippen MR) is 121 cm³/mol. The van der Waals surface area contributed by atoms with Crippen molar-refractivity contribution in [2.24, 2.45) is 4.99 Å². The molecule has 1 saturated heterocycles. The van der Waals surface area contributed by atoms with Crippen molar-refractivity contribution in [2.45, 2.75) is 0 Å². The van der Waals surface area contributed by atoms with Crippen LogP contribution < -0.4 is 0 Å². The quantitative estimate of drug-likeness (QED) is 0.353. The van der Waals surface area contributed by atoms with Crippen LogP contribution >= 0.6 is 11.8 Å². The maximum atomic E-state index is 12.8. The van der Waals surface area contributed by atoms with E-state index in [4.69, 9.17) is 5.11 Å². The average Bonchev–Trinajstić information content (AvgIpc) is 3.34. The number of carboxylic acids is 1. The van der Waals surface area contributed by atoms with Gasteiger partial charge in [0.25, 0.3) is 11.6 Å². The molecule has 0 aliphatic carbocycles. The van der Waals surface area contributed by atoms with Crippen molar-refractivity contribution in [1.29, 1.82) is 0 Å². The van der Waals surface area contributed by atoms with Crippen LogP contribution in [-0.2, 0) is 4.79 Å². The van der Waals surface area contributed by atoms with Gasteiger partial charge in [0.15, 0.2) is 5.17 Å². The Hall–Kier alpha value is -4.18. The Bertz CT molecular complexity index is 1290. The first-order chi connectivity index (χ1) is 15.3. The molecular formula is C22H16N4O5S. The Labute approximate surface area is 186 Å². The molecule has 3 aromatic rings. The van der Waals surface area contributed by atoms with Crippen molar-refractivity contribution in [1.82, 2.24) is 9.47 Å². The molecule has 2 heterocycles. The Balaban J connectivity index is 1.63. The fourth-order valence-electron chi connectivity index (χ4n) is 3.09. The minimum atomic E-state index is -1.05. The standard InChI is InChI=1S/C22H16N4O5S/c1-24-20(27)19(32-22(24)23-15-5-2-4-14(12-15)21(28)29)13-18-6-3-11-25(18)16-7-9-17(10-8-16)26(30)31/h2-13H,1H3,(H,28,29)/b19-13+,23-22?. The number of non-ortho nitro benzene ring substituents is 1. The number of hydrogen-bond donors (Lipinski definition) is 1. The van der Waals surface area contributed by atoms with Crippen molar-refractivity contribution in [3.05, 3.63) is 93.1 Å². The largest absolute Gasteiger partial charge is 0.478 e. The lowest BCUT2D eigenvalue weighted by Crippen LogP contribution is -2.23. The summed E-state index contributed by atoms with van der Waals surface area (Å²) >= 11 is 1.18. The van der Waals surface area contributed by atoms with Crippen LogP contribution in [0.2, 0.25) is 0 Å². The summed E-state index contributed by atoms with van der Waals surface area (Å²) in [6.45, 7) is 0. The number of nitrogens with zero attached hydrogens (tertiary/aromatic N) is 4. The van der Waals surface area contributed by atoms with Gasteiger partial charge in [-0.2, -0.15) is 0 Å². The number of likely N-dealkylation sites (N-methyl/N-ethyl adjacent to an activating group) is 1. The van der Waals surface area contributed by atoms with Crippen molar-refractivity contribution in [3.8, 4) is 5.69 Å². The molecular weight excluding hydrogens is 432 g/mol. The van der Waals surface area contributed by atoms with Crippen LogP contribution in [0.25, 0.3) is 11.8 Å². The third-order valence-electron chi connectivity index (χ3n) is 4.72. The maximum absolute atomic E-state index is 12.8. The highest BCUT2D eigenvalue weighted by Crippen LogP contribution is 2.33. The van der Waals surface area contributed by atoms with Gasteiger partial charge >= 0.3 is 5.97 Å².